The molecule has 2 amide bonds. The minimum Gasteiger partial charge on any atom is -0.383 e. The number of anilines is 1. The largest absolute Gasteiger partial charge is 0.419 e. The van der Waals surface area contributed by atoms with Gasteiger partial charge in [-0.15, -0.1) is 0 Å². The van der Waals surface area contributed by atoms with E-state index in [4.69, 9.17) is 0 Å². The zero-order valence-electron chi connectivity index (χ0n) is 10.4. The number of hydrogen-bond donors (Lipinski definition) is 2. The van der Waals surface area contributed by atoms with Crippen LogP contribution >= 0.6 is 0 Å². The van der Waals surface area contributed by atoms with Crippen LogP contribution in [0.15, 0.2) is 18.2 Å². The minimum atomic E-state index is -4.73. The molecule has 0 spiro atoms. The van der Waals surface area contributed by atoms with E-state index in [-0.39, 0.29) is 18.3 Å². The summed E-state index contributed by atoms with van der Waals surface area (Å²) in [5.41, 5.74) is -1.14. The number of benzene rings is 1. The van der Waals surface area contributed by atoms with Crippen molar-refractivity contribution in [1.82, 2.24) is 10.2 Å². The van der Waals surface area contributed by atoms with E-state index in [1.807, 2.05) is 0 Å². The van der Waals surface area contributed by atoms with Gasteiger partial charge >= 0.3 is 12.2 Å². The number of rotatable bonds is 4. The number of alkyl halides is 3. The summed E-state index contributed by atoms with van der Waals surface area (Å²) in [7, 11) is 0. The van der Waals surface area contributed by atoms with Gasteiger partial charge in [0, 0.05) is 31.9 Å². The molecule has 2 N–H and O–H groups in total. The lowest BCUT2D eigenvalue weighted by atomic mass is 10.2. The van der Waals surface area contributed by atoms with Crippen molar-refractivity contribution >= 4 is 11.7 Å². The second kappa shape index (κ2) is 5.56. The van der Waals surface area contributed by atoms with Crippen LogP contribution in [-0.2, 0) is 6.18 Å². The molecule has 1 aliphatic heterocycles. The van der Waals surface area contributed by atoms with Crippen molar-refractivity contribution in [3.05, 3.63) is 29.6 Å². The van der Waals surface area contributed by atoms with E-state index in [9.17, 15) is 22.4 Å². The SMILES string of the molecule is O=C1NCCN1CCNc1ccc(F)c(C(F)(F)F)c1. The molecule has 1 aliphatic rings. The van der Waals surface area contributed by atoms with E-state index in [1.165, 1.54) is 6.07 Å². The molecule has 8 heteroatoms. The van der Waals surface area contributed by atoms with Gasteiger partial charge in [-0.1, -0.05) is 0 Å². The number of nitrogens with one attached hydrogen (secondary N) is 2. The van der Waals surface area contributed by atoms with Gasteiger partial charge in [-0.05, 0) is 18.2 Å². The lowest BCUT2D eigenvalue weighted by Gasteiger charge is -2.16. The van der Waals surface area contributed by atoms with Crippen LogP contribution in [0.2, 0.25) is 0 Å². The normalized spacial score (nSPS) is 15.4. The molecule has 0 atom stereocenters. The predicted molar refractivity (Wildman–Crippen MR) is 64.9 cm³/mol. The Kier molecular flexibility index (Phi) is 4.01. The molecule has 2 rings (SSSR count). The lowest BCUT2D eigenvalue weighted by molar-refractivity contribution is -0.139. The van der Waals surface area contributed by atoms with E-state index in [1.54, 1.807) is 4.90 Å². The quantitative estimate of drug-likeness (QED) is 0.836. The van der Waals surface area contributed by atoms with Gasteiger partial charge < -0.3 is 15.5 Å². The second-order valence-electron chi connectivity index (χ2n) is 4.34. The smallest absolute Gasteiger partial charge is 0.383 e. The summed E-state index contributed by atoms with van der Waals surface area (Å²) in [5.74, 6) is -1.30. The standard InChI is InChI=1S/C12H13F4N3O/c13-10-2-1-8(7-9(10)12(14,15)16)17-3-5-19-6-4-18-11(19)20/h1-2,7,17H,3-6H2,(H,18,20). The molecule has 0 bridgehead atoms. The van der Waals surface area contributed by atoms with Crippen LogP contribution in [0.5, 0.6) is 0 Å². The maximum Gasteiger partial charge on any atom is 0.419 e. The Balaban J connectivity index is 1.95. The van der Waals surface area contributed by atoms with Crippen molar-refractivity contribution in [2.75, 3.05) is 31.5 Å². The van der Waals surface area contributed by atoms with E-state index in [0.29, 0.717) is 19.6 Å². The van der Waals surface area contributed by atoms with Crippen LogP contribution in [0.4, 0.5) is 28.0 Å². The third-order valence-electron chi connectivity index (χ3n) is 2.93. The molecule has 0 aliphatic carbocycles. The monoisotopic (exact) mass is 291 g/mol. The number of carbonyl (C=O) groups excluding carboxylic acids is 1. The van der Waals surface area contributed by atoms with E-state index < -0.39 is 17.6 Å². The number of amides is 2. The zero-order chi connectivity index (χ0) is 14.8. The van der Waals surface area contributed by atoms with Crippen LogP contribution in [0, 0.1) is 5.82 Å². The molecule has 1 saturated heterocycles. The topological polar surface area (TPSA) is 44.4 Å². The first-order chi connectivity index (χ1) is 9.38. The third-order valence-corrected chi connectivity index (χ3v) is 2.93. The van der Waals surface area contributed by atoms with Crippen LogP contribution in [0.1, 0.15) is 5.56 Å². The fraction of sp³-hybridized carbons (Fsp3) is 0.417. The molecule has 110 valence electrons. The van der Waals surface area contributed by atoms with Gasteiger partial charge in [0.1, 0.15) is 5.82 Å². The molecule has 1 fully saturated rings. The second-order valence-corrected chi connectivity index (χ2v) is 4.34. The van der Waals surface area contributed by atoms with Gasteiger partial charge in [-0.2, -0.15) is 13.2 Å². The highest BCUT2D eigenvalue weighted by Crippen LogP contribution is 2.32. The first-order valence-electron chi connectivity index (χ1n) is 6.01. The molecule has 0 aromatic heterocycles. The van der Waals surface area contributed by atoms with Crippen LogP contribution < -0.4 is 10.6 Å². The van der Waals surface area contributed by atoms with Crippen molar-refractivity contribution in [3.8, 4) is 0 Å². The number of carbonyl (C=O) groups is 1. The van der Waals surface area contributed by atoms with Crippen molar-refractivity contribution in [3.63, 3.8) is 0 Å². The van der Waals surface area contributed by atoms with Crippen LogP contribution in [0.3, 0.4) is 0 Å². The Hall–Kier alpha value is -1.99. The molecule has 1 aromatic rings. The van der Waals surface area contributed by atoms with Gasteiger partial charge in [0.25, 0.3) is 0 Å². The van der Waals surface area contributed by atoms with Crippen molar-refractivity contribution < 1.29 is 22.4 Å². The number of nitrogens with zero attached hydrogens (tertiary/aromatic N) is 1. The highest BCUT2D eigenvalue weighted by Gasteiger charge is 2.34. The predicted octanol–water partition coefficient (Wildman–Crippen LogP) is 2.28. The third kappa shape index (κ3) is 3.31. The molecule has 4 nitrogen and oxygen atoms in total. The molecule has 1 heterocycles. The molecule has 0 radical (unpaired) electrons. The Morgan fingerprint density at radius 3 is 2.70 bits per heavy atom. The number of urea groups is 1. The first-order valence-corrected chi connectivity index (χ1v) is 6.01. The highest BCUT2D eigenvalue weighted by atomic mass is 19.4. The van der Waals surface area contributed by atoms with E-state index >= 15 is 0 Å². The van der Waals surface area contributed by atoms with Crippen LogP contribution in [-0.4, -0.2) is 37.1 Å². The van der Waals surface area contributed by atoms with Gasteiger partial charge in [0.05, 0.1) is 5.56 Å². The summed E-state index contributed by atoms with van der Waals surface area (Å²) in [6.07, 6.45) is -4.73. The average Bonchev–Trinajstić information content (AvgIpc) is 2.76. The first kappa shape index (κ1) is 14.4. The lowest BCUT2D eigenvalue weighted by Crippen LogP contribution is -2.32. The summed E-state index contributed by atoms with van der Waals surface area (Å²) in [6, 6.07) is 2.53. The molecule has 1 aromatic carbocycles. The molecular weight excluding hydrogens is 278 g/mol. The molecule has 0 saturated carbocycles. The van der Waals surface area contributed by atoms with Crippen LogP contribution in [0.25, 0.3) is 0 Å². The fourth-order valence-electron chi connectivity index (χ4n) is 1.91. The Morgan fingerprint density at radius 2 is 2.10 bits per heavy atom. The van der Waals surface area contributed by atoms with E-state index in [2.05, 4.69) is 10.6 Å². The Labute approximate surface area is 112 Å². The summed E-state index contributed by atoms with van der Waals surface area (Å²) >= 11 is 0. The summed E-state index contributed by atoms with van der Waals surface area (Å²) in [5, 5.41) is 5.36. The number of hydrogen-bond acceptors (Lipinski definition) is 2. The molecular formula is C12H13F4N3O. The van der Waals surface area contributed by atoms with E-state index in [0.717, 1.165) is 12.1 Å². The van der Waals surface area contributed by atoms with Crippen molar-refractivity contribution in [1.29, 1.82) is 0 Å². The highest BCUT2D eigenvalue weighted by molar-refractivity contribution is 5.76. The summed E-state index contributed by atoms with van der Waals surface area (Å²) < 4.78 is 50.6. The maximum atomic E-state index is 13.1. The maximum absolute atomic E-state index is 13.1. The van der Waals surface area contributed by atoms with Crippen molar-refractivity contribution in [2.24, 2.45) is 0 Å². The summed E-state index contributed by atoms with van der Waals surface area (Å²) in [4.78, 5) is 12.8. The molecule has 20 heavy (non-hydrogen) atoms. The number of halogens is 4. The average molecular weight is 291 g/mol. The van der Waals surface area contributed by atoms with Gasteiger partial charge in [0.2, 0.25) is 0 Å². The van der Waals surface area contributed by atoms with Crippen molar-refractivity contribution in [2.45, 2.75) is 6.18 Å². The minimum absolute atomic E-state index is 0.165. The van der Waals surface area contributed by atoms with Gasteiger partial charge in [-0.25, -0.2) is 9.18 Å². The Morgan fingerprint density at radius 1 is 1.35 bits per heavy atom. The fourth-order valence-corrected chi connectivity index (χ4v) is 1.91. The molecule has 0 unspecified atom stereocenters. The zero-order valence-corrected chi connectivity index (χ0v) is 10.4. The van der Waals surface area contributed by atoms with Gasteiger partial charge in [0.15, 0.2) is 0 Å². The van der Waals surface area contributed by atoms with Gasteiger partial charge in [-0.3, -0.25) is 0 Å². The summed E-state index contributed by atoms with van der Waals surface area (Å²) in [6.45, 7) is 1.78. The Bertz CT molecular complexity index is 504.